The van der Waals surface area contributed by atoms with Crippen LogP contribution < -0.4 is 43.0 Å². The lowest BCUT2D eigenvalue weighted by molar-refractivity contribution is -0.140. The smallest absolute Gasteiger partial charge is 0.243 e. The van der Waals surface area contributed by atoms with Crippen molar-refractivity contribution in [2.75, 3.05) is 37.6 Å². The van der Waals surface area contributed by atoms with Gasteiger partial charge in [0.2, 0.25) is 47.3 Å². The summed E-state index contributed by atoms with van der Waals surface area (Å²) in [5.41, 5.74) is 17.6. The van der Waals surface area contributed by atoms with Gasteiger partial charge >= 0.3 is 0 Å². The summed E-state index contributed by atoms with van der Waals surface area (Å²) in [5, 5.41) is 25.0. The maximum atomic E-state index is 15.1. The highest BCUT2D eigenvalue weighted by Crippen LogP contribution is 2.27. The highest BCUT2D eigenvalue weighted by atomic mass is 35.5. The van der Waals surface area contributed by atoms with Gasteiger partial charge in [-0.15, -0.1) is 0 Å². The van der Waals surface area contributed by atoms with E-state index in [0.29, 0.717) is 59.4 Å². The Morgan fingerprint density at radius 2 is 1.21 bits per heavy atom. The second-order valence-electron chi connectivity index (χ2n) is 24.6. The molecule has 20 nitrogen and oxygen atoms in total. The molecule has 8 amide bonds. The topological polar surface area (TPSA) is 294 Å². The number of carbonyl (C=O) groups is 8. The Kier molecular flexibility index (Phi) is 25.5. The number of amides is 8. The molecular formula is C73H85ClFN11O9. The molecule has 7 aromatic rings. The minimum Gasteiger partial charge on any atom is -0.508 e. The number of likely N-dealkylation sites (tertiary alicyclic amines) is 2. The second-order valence-corrected chi connectivity index (χ2v) is 25.1. The Hall–Kier alpha value is -9.44. The Bertz CT molecular complexity index is 3710. The molecule has 500 valence electrons. The van der Waals surface area contributed by atoms with Gasteiger partial charge in [-0.1, -0.05) is 121 Å². The van der Waals surface area contributed by atoms with E-state index in [1.165, 1.54) is 46.9 Å². The van der Waals surface area contributed by atoms with Gasteiger partial charge in [0.05, 0.1) is 6.04 Å². The van der Waals surface area contributed by atoms with Crippen LogP contribution in [0.5, 0.6) is 5.75 Å². The number of H-pyrrole nitrogens is 1. The van der Waals surface area contributed by atoms with E-state index in [2.05, 4.69) is 60.7 Å². The molecule has 1 aromatic heterocycles. The number of rotatable bonds is 32. The molecule has 0 radical (unpaired) electrons. The van der Waals surface area contributed by atoms with Crippen LogP contribution in [0.3, 0.4) is 0 Å². The molecule has 0 saturated carbocycles. The lowest BCUT2D eigenvalue weighted by Crippen LogP contribution is -2.60. The molecule has 22 heteroatoms. The van der Waals surface area contributed by atoms with Crippen molar-refractivity contribution < 1.29 is 47.9 Å². The normalized spacial score (nSPS) is 15.8. The first-order valence-corrected chi connectivity index (χ1v) is 33.1. The summed E-state index contributed by atoms with van der Waals surface area (Å²) in [7, 11) is 0. The number of halogens is 2. The van der Waals surface area contributed by atoms with Crippen molar-refractivity contribution in [2.24, 2.45) is 11.5 Å². The predicted molar refractivity (Wildman–Crippen MR) is 363 cm³/mol. The summed E-state index contributed by atoms with van der Waals surface area (Å²) in [6.07, 6.45) is 6.50. The van der Waals surface area contributed by atoms with E-state index in [-0.39, 0.29) is 75.7 Å². The highest BCUT2D eigenvalue weighted by molar-refractivity contribution is 6.30. The van der Waals surface area contributed by atoms with Gasteiger partial charge in [-0.25, -0.2) is 4.39 Å². The van der Waals surface area contributed by atoms with Gasteiger partial charge < -0.3 is 62.8 Å². The molecule has 6 atom stereocenters. The number of hydrogen-bond acceptors (Lipinski definition) is 11. The maximum absolute atomic E-state index is 15.1. The first kappa shape index (κ1) is 69.9. The number of aromatic amines is 1. The van der Waals surface area contributed by atoms with E-state index < -0.39 is 83.4 Å². The van der Waals surface area contributed by atoms with Crippen molar-refractivity contribution in [3.05, 3.63) is 203 Å². The maximum Gasteiger partial charge on any atom is 0.243 e. The molecule has 3 heterocycles. The number of para-hydroxylation sites is 2. The van der Waals surface area contributed by atoms with Crippen LogP contribution in [-0.2, 0) is 70.5 Å². The van der Waals surface area contributed by atoms with Gasteiger partial charge in [0.15, 0.2) is 0 Å². The van der Waals surface area contributed by atoms with Crippen LogP contribution in [0.4, 0.5) is 10.1 Å². The quantitative estimate of drug-likeness (QED) is 0.0196. The summed E-state index contributed by atoms with van der Waals surface area (Å²) in [6.45, 7) is 3.25. The fourth-order valence-electron chi connectivity index (χ4n) is 12.5. The highest BCUT2D eigenvalue weighted by Gasteiger charge is 2.39. The molecule has 0 unspecified atom stereocenters. The predicted octanol–water partition coefficient (Wildman–Crippen LogP) is 6.88. The van der Waals surface area contributed by atoms with Crippen LogP contribution >= 0.6 is 11.6 Å². The average molecular weight is 1320 g/mol. The standard InChI is InChI=1S/C73H85ClFN11O9/c74-53-27-21-50(22-28-53)45-63(82-71(93)64(46-52-47-79-60-18-10-9-17-58(52)60)83-72(94)65-19-12-39-85(65)73(95)59(76)43-49-25-31-57(87)32-26-49)70(92)80-61(69(91)81-62(68(77)90)44-51-23-29-54(75)30-24-51)33-34-66(88)78-38-11-3-8-20-67(89)86(55-15-6-2-7-16-55)56-36-41-84(42-37-56)40-35-48-13-4-1-5-14-48/h1-2,4-7,9-10,13-18,21-32,47,56,59,61-65,79,87H,3,8,11-12,19-20,33-46,76H2,(H2,77,90)(H,78,88)(H,80,92)(H,81,91)(H,82,93)(H,83,94)/t59-,61-,62-,63-,64-,65-/m0/s1. The van der Waals surface area contributed by atoms with Crippen LogP contribution in [-0.4, -0.2) is 142 Å². The molecule has 9 rings (SSSR count). The lowest BCUT2D eigenvalue weighted by atomic mass is 10.0. The van der Waals surface area contributed by atoms with Crippen LogP contribution in [0.2, 0.25) is 5.02 Å². The zero-order chi connectivity index (χ0) is 67.2. The second kappa shape index (κ2) is 34.6. The number of fused-ring (bicyclic) bond motifs is 1. The third-order valence-electron chi connectivity index (χ3n) is 17.7. The monoisotopic (exact) mass is 1310 g/mol. The number of aromatic hydroxyl groups is 1. The number of anilines is 1. The first-order valence-electron chi connectivity index (χ1n) is 32.7. The van der Waals surface area contributed by atoms with Crippen LogP contribution in [0.15, 0.2) is 164 Å². The minimum atomic E-state index is -1.50. The lowest BCUT2D eigenvalue weighted by Gasteiger charge is -2.38. The molecule has 0 aliphatic carbocycles. The number of phenols is 1. The van der Waals surface area contributed by atoms with Crippen LogP contribution in [0.1, 0.15) is 92.0 Å². The third kappa shape index (κ3) is 20.5. The fourth-order valence-corrected chi connectivity index (χ4v) is 12.6. The number of phenolic OH excluding ortho intramolecular Hbond substituents is 1. The van der Waals surface area contributed by atoms with E-state index >= 15 is 4.79 Å². The van der Waals surface area contributed by atoms with Crippen molar-refractivity contribution >= 4 is 75.4 Å². The molecule has 2 aliphatic heterocycles. The summed E-state index contributed by atoms with van der Waals surface area (Å²) in [5.74, 6) is -5.39. The van der Waals surface area contributed by atoms with Gasteiger partial charge in [-0.05, 0) is 140 Å². The number of hydrogen-bond donors (Lipinski definition) is 9. The number of primary amides is 1. The molecule has 2 fully saturated rings. The van der Waals surface area contributed by atoms with Gasteiger partial charge in [-0.2, -0.15) is 0 Å². The van der Waals surface area contributed by atoms with Crippen LogP contribution in [0, 0.1) is 5.82 Å². The van der Waals surface area contributed by atoms with Gasteiger partial charge in [0.1, 0.15) is 41.8 Å². The SMILES string of the molecule is NC(=O)[C@H](Cc1ccc(F)cc1)NC(=O)[C@H](CCC(=O)NCCCCCC(=O)N(c1ccccc1)C1CCN(CCc2ccccc2)CC1)NC(=O)[C@H](Cc1ccc(Cl)cc1)NC(=O)[C@H](Cc1c[nH]c2ccccc12)NC(=O)[C@@H]1CCCN1C(=O)[C@@H](N)Cc1ccc(O)cc1. The average Bonchev–Trinajstić information content (AvgIpc) is 1.92. The van der Waals surface area contributed by atoms with Crippen molar-refractivity contribution in [3.63, 3.8) is 0 Å². The van der Waals surface area contributed by atoms with Gasteiger partial charge in [0, 0.05) is 98.7 Å². The van der Waals surface area contributed by atoms with Gasteiger partial charge in [0.25, 0.3) is 0 Å². The number of piperidine rings is 1. The molecule has 11 N–H and O–H groups in total. The van der Waals surface area contributed by atoms with E-state index in [4.69, 9.17) is 23.1 Å². The minimum absolute atomic E-state index is 0.0452. The molecule has 0 bridgehead atoms. The summed E-state index contributed by atoms with van der Waals surface area (Å²) in [6, 6.07) is 38.1. The Balaban J connectivity index is 0.866. The summed E-state index contributed by atoms with van der Waals surface area (Å²) < 4.78 is 13.9. The van der Waals surface area contributed by atoms with Gasteiger partial charge in [-0.3, -0.25) is 38.4 Å². The number of unbranched alkanes of at least 4 members (excludes halogenated alkanes) is 2. The molecule has 2 saturated heterocycles. The molecule has 6 aromatic carbocycles. The van der Waals surface area contributed by atoms with E-state index in [1.54, 1.807) is 42.6 Å². The fraction of sp³-hybridized carbons (Fsp3) is 0.370. The van der Waals surface area contributed by atoms with Crippen LogP contribution in [0.25, 0.3) is 10.9 Å². The largest absolute Gasteiger partial charge is 0.508 e. The van der Waals surface area contributed by atoms with Crippen molar-refractivity contribution in [3.8, 4) is 5.75 Å². The van der Waals surface area contributed by atoms with E-state index in [9.17, 15) is 43.1 Å². The molecule has 0 spiro atoms. The van der Waals surface area contributed by atoms with Crippen molar-refractivity contribution in [1.29, 1.82) is 0 Å². The molecule has 95 heavy (non-hydrogen) atoms. The van der Waals surface area contributed by atoms with Crippen molar-refractivity contribution in [1.82, 2.24) is 41.4 Å². The first-order chi connectivity index (χ1) is 45.9. The van der Waals surface area contributed by atoms with Crippen molar-refractivity contribution in [2.45, 2.75) is 139 Å². The zero-order valence-corrected chi connectivity index (χ0v) is 54.0. The number of aromatic nitrogens is 1. The summed E-state index contributed by atoms with van der Waals surface area (Å²) >= 11 is 6.29. The number of nitrogens with one attached hydrogen (secondary N) is 6. The Morgan fingerprint density at radius 1 is 0.621 bits per heavy atom. The number of nitrogens with two attached hydrogens (primary N) is 2. The summed E-state index contributed by atoms with van der Waals surface area (Å²) in [4.78, 5) is 123. The van der Waals surface area contributed by atoms with E-state index in [1.807, 2.05) is 65.6 Å². The third-order valence-corrected chi connectivity index (χ3v) is 18.0. The molecular weight excluding hydrogens is 1230 g/mol. The Labute approximate surface area is 558 Å². The number of carbonyl (C=O) groups excluding carboxylic acids is 8. The zero-order valence-electron chi connectivity index (χ0n) is 53.2. The number of benzene rings is 6. The molecule has 2 aliphatic rings. The number of nitrogens with zero attached hydrogens (tertiary/aromatic N) is 3. The Morgan fingerprint density at radius 3 is 1.91 bits per heavy atom. The van der Waals surface area contributed by atoms with E-state index in [0.717, 1.165) is 55.5 Å².